The molecule has 0 radical (unpaired) electrons. The predicted molar refractivity (Wildman–Crippen MR) is 107 cm³/mol. The second-order valence-corrected chi connectivity index (χ2v) is 7.72. The van der Waals surface area contributed by atoms with E-state index in [0.717, 1.165) is 33.3 Å². The van der Waals surface area contributed by atoms with Crippen LogP contribution in [0.4, 0.5) is 15.9 Å². The zero-order chi connectivity index (χ0) is 18.4. The van der Waals surface area contributed by atoms with Gasteiger partial charge in [0.05, 0.1) is 0 Å². The molecule has 0 fully saturated rings. The summed E-state index contributed by atoms with van der Waals surface area (Å²) in [5.74, 6) is 0.543. The molecule has 2 aromatic heterocycles. The van der Waals surface area contributed by atoms with Gasteiger partial charge in [-0.15, -0.1) is 11.3 Å². The Morgan fingerprint density at radius 1 is 0.962 bits per heavy atom. The number of halogens is 1. The lowest BCUT2D eigenvalue weighted by Gasteiger charge is -2.14. The summed E-state index contributed by atoms with van der Waals surface area (Å²) in [5.41, 5.74) is 5.59. The van der Waals surface area contributed by atoms with E-state index in [9.17, 15) is 4.39 Å². The number of hydrogen-bond acceptors (Lipinski definition) is 3. The quantitative estimate of drug-likeness (QED) is 0.470. The highest BCUT2D eigenvalue weighted by molar-refractivity contribution is 7.17. The third-order valence-corrected chi connectivity index (χ3v) is 5.85. The summed E-state index contributed by atoms with van der Waals surface area (Å²) in [7, 11) is 0. The van der Waals surface area contributed by atoms with Crippen molar-refractivity contribution in [3.8, 4) is 11.3 Å². The first-order chi connectivity index (χ1) is 12.5. The smallest absolute Gasteiger partial charge is 0.196 e. The Hall–Kier alpha value is -2.66. The lowest BCUT2D eigenvalue weighted by Crippen LogP contribution is -2.02. The zero-order valence-electron chi connectivity index (χ0n) is 15.2. The zero-order valence-corrected chi connectivity index (χ0v) is 16.0. The van der Waals surface area contributed by atoms with Gasteiger partial charge in [-0.1, -0.05) is 30.3 Å². The molecule has 5 heteroatoms. The van der Waals surface area contributed by atoms with Crippen molar-refractivity contribution >= 4 is 27.8 Å². The van der Waals surface area contributed by atoms with Crippen molar-refractivity contribution in [2.75, 3.05) is 5.32 Å². The number of benzene rings is 2. The number of anilines is 2. The van der Waals surface area contributed by atoms with E-state index in [0.29, 0.717) is 11.3 Å². The molecular weight excluding hydrogens is 345 g/mol. The number of thiazole rings is 1. The topological polar surface area (TPSA) is 29.3 Å². The molecule has 0 unspecified atom stereocenters. The van der Waals surface area contributed by atoms with Crippen LogP contribution in [0.15, 0.2) is 42.5 Å². The van der Waals surface area contributed by atoms with Crippen molar-refractivity contribution in [3.05, 3.63) is 70.0 Å². The van der Waals surface area contributed by atoms with E-state index >= 15 is 0 Å². The van der Waals surface area contributed by atoms with Crippen molar-refractivity contribution in [2.45, 2.75) is 27.7 Å². The van der Waals surface area contributed by atoms with Gasteiger partial charge >= 0.3 is 0 Å². The first-order valence-electron chi connectivity index (χ1n) is 8.54. The summed E-state index contributed by atoms with van der Waals surface area (Å²) in [6, 6.07) is 13.0. The van der Waals surface area contributed by atoms with Crippen LogP contribution in [0.25, 0.3) is 16.2 Å². The average Bonchev–Trinajstić information content (AvgIpc) is 3.08. The molecule has 0 saturated carbocycles. The van der Waals surface area contributed by atoms with Gasteiger partial charge < -0.3 is 5.32 Å². The SMILES string of the molecule is Cc1cccc(C)c1Nc1c(-c2ccccc2F)nc2sc(C)c(C)n12. The number of rotatable bonds is 3. The van der Waals surface area contributed by atoms with Gasteiger partial charge in [-0.2, -0.15) is 0 Å². The highest BCUT2D eigenvalue weighted by atomic mass is 32.1. The van der Waals surface area contributed by atoms with E-state index in [4.69, 9.17) is 4.98 Å². The minimum Gasteiger partial charge on any atom is -0.339 e. The van der Waals surface area contributed by atoms with Crippen LogP contribution in [-0.2, 0) is 0 Å². The summed E-state index contributed by atoms with van der Waals surface area (Å²) < 4.78 is 16.6. The van der Waals surface area contributed by atoms with Crippen LogP contribution >= 0.6 is 11.3 Å². The fourth-order valence-electron chi connectivity index (χ4n) is 3.23. The molecule has 2 aromatic carbocycles. The number of fused-ring (bicyclic) bond motifs is 1. The molecule has 1 N–H and O–H groups in total. The summed E-state index contributed by atoms with van der Waals surface area (Å²) in [5, 5.41) is 3.55. The van der Waals surface area contributed by atoms with Crippen molar-refractivity contribution in [1.29, 1.82) is 0 Å². The van der Waals surface area contributed by atoms with Crippen LogP contribution in [-0.4, -0.2) is 9.38 Å². The first-order valence-corrected chi connectivity index (χ1v) is 9.35. The van der Waals surface area contributed by atoms with E-state index < -0.39 is 0 Å². The van der Waals surface area contributed by atoms with Gasteiger partial charge in [-0.05, 0) is 51.0 Å². The van der Waals surface area contributed by atoms with Crippen LogP contribution in [0, 0.1) is 33.5 Å². The van der Waals surface area contributed by atoms with Gasteiger partial charge in [0.15, 0.2) is 4.96 Å². The largest absolute Gasteiger partial charge is 0.339 e. The molecule has 132 valence electrons. The van der Waals surface area contributed by atoms with Crippen LogP contribution < -0.4 is 5.32 Å². The van der Waals surface area contributed by atoms with Gasteiger partial charge in [0, 0.05) is 21.8 Å². The minimum absolute atomic E-state index is 0.266. The number of aromatic nitrogens is 2. The normalized spacial score (nSPS) is 11.3. The van der Waals surface area contributed by atoms with Gasteiger partial charge in [0.25, 0.3) is 0 Å². The molecule has 3 nitrogen and oxygen atoms in total. The summed E-state index contributed by atoms with van der Waals surface area (Å²) >= 11 is 1.62. The van der Waals surface area contributed by atoms with Crippen LogP contribution in [0.1, 0.15) is 21.7 Å². The molecule has 0 aliphatic carbocycles. The van der Waals surface area contributed by atoms with E-state index in [1.807, 2.05) is 12.1 Å². The third-order valence-electron chi connectivity index (χ3n) is 4.79. The summed E-state index contributed by atoms with van der Waals surface area (Å²) in [4.78, 5) is 6.83. The second kappa shape index (κ2) is 6.25. The van der Waals surface area contributed by atoms with Gasteiger partial charge in [0.1, 0.15) is 17.3 Å². The highest BCUT2D eigenvalue weighted by Gasteiger charge is 2.21. The Bertz CT molecular complexity index is 1100. The monoisotopic (exact) mass is 365 g/mol. The molecule has 2 heterocycles. The van der Waals surface area contributed by atoms with Gasteiger partial charge in [0.2, 0.25) is 0 Å². The van der Waals surface area contributed by atoms with E-state index in [1.165, 1.54) is 10.9 Å². The molecule has 0 bridgehead atoms. The molecule has 0 amide bonds. The Labute approximate surface area is 156 Å². The number of nitrogens with zero attached hydrogens (tertiary/aromatic N) is 2. The number of nitrogens with one attached hydrogen (secondary N) is 1. The number of aryl methyl sites for hydroxylation is 4. The molecule has 0 saturated heterocycles. The fraction of sp³-hybridized carbons (Fsp3) is 0.190. The van der Waals surface area contributed by atoms with Crippen LogP contribution in [0.2, 0.25) is 0 Å². The van der Waals surface area contributed by atoms with E-state index in [1.54, 1.807) is 23.5 Å². The van der Waals surface area contributed by atoms with Crippen LogP contribution in [0.3, 0.4) is 0 Å². The molecule has 0 spiro atoms. The third kappa shape index (κ3) is 2.59. The number of hydrogen-bond donors (Lipinski definition) is 1. The minimum atomic E-state index is -0.266. The average molecular weight is 365 g/mol. The van der Waals surface area contributed by atoms with E-state index in [2.05, 4.69) is 49.5 Å². The maximum atomic E-state index is 14.5. The maximum Gasteiger partial charge on any atom is 0.196 e. The van der Waals surface area contributed by atoms with Crippen molar-refractivity contribution in [1.82, 2.24) is 9.38 Å². The van der Waals surface area contributed by atoms with Crippen molar-refractivity contribution < 1.29 is 4.39 Å². The maximum absolute atomic E-state index is 14.5. The van der Waals surface area contributed by atoms with Crippen LogP contribution in [0.5, 0.6) is 0 Å². The Balaban J connectivity index is 1.99. The van der Waals surface area contributed by atoms with Crippen molar-refractivity contribution in [2.24, 2.45) is 0 Å². The standard InChI is InChI=1S/C21H20FN3S/c1-12-8-7-9-13(2)18(12)23-20-19(16-10-5-6-11-17(16)22)24-21-25(20)14(3)15(4)26-21/h5-11,23H,1-4H3. The molecular formula is C21H20FN3S. The van der Waals surface area contributed by atoms with E-state index in [-0.39, 0.29) is 5.82 Å². The molecule has 0 aliphatic rings. The van der Waals surface area contributed by atoms with Crippen molar-refractivity contribution in [3.63, 3.8) is 0 Å². The highest BCUT2D eigenvalue weighted by Crippen LogP contribution is 2.37. The molecule has 4 aromatic rings. The Morgan fingerprint density at radius 2 is 1.65 bits per heavy atom. The summed E-state index contributed by atoms with van der Waals surface area (Å²) in [6.07, 6.45) is 0. The lowest BCUT2D eigenvalue weighted by atomic mass is 10.1. The lowest BCUT2D eigenvalue weighted by molar-refractivity contribution is 0.631. The Morgan fingerprint density at radius 3 is 2.35 bits per heavy atom. The molecule has 4 rings (SSSR count). The second-order valence-electron chi connectivity index (χ2n) is 6.54. The first kappa shape index (κ1) is 16.8. The number of imidazole rings is 1. The molecule has 0 aliphatic heterocycles. The molecule has 26 heavy (non-hydrogen) atoms. The fourth-order valence-corrected chi connectivity index (χ4v) is 4.20. The predicted octanol–water partition coefficient (Wildman–Crippen LogP) is 6.18. The van der Waals surface area contributed by atoms with Gasteiger partial charge in [-0.25, -0.2) is 9.37 Å². The summed E-state index contributed by atoms with van der Waals surface area (Å²) in [6.45, 7) is 8.30. The number of para-hydroxylation sites is 1. The van der Waals surface area contributed by atoms with Gasteiger partial charge in [-0.3, -0.25) is 4.40 Å². The molecule has 0 atom stereocenters. The Kier molecular flexibility index (Phi) is 4.04.